The molecule has 1 N–H and O–H groups in total. The maximum Gasteiger partial charge on any atom is 0.155 e. The summed E-state index contributed by atoms with van der Waals surface area (Å²) in [5.74, 6) is 0.721. The van der Waals surface area contributed by atoms with Crippen LogP contribution in [0.15, 0.2) is 95.4 Å². The van der Waals surface area contributed by atoms with Gasteiger partial charge in [-0.1, -0.05) is 42.5 Å². The van der Waals surface area contributed by atoms with E-state index in [1.165, 1.54) is 42.2 Å². The van der Waals surface area contributed by atoms with Crippen molar-refractivity contribution in [3.8, 4) is 33.7 Å². The van der Waals surface area contributed by atoms with Crippen LogP contribution in [0.2, 0.25) is 0 Å². The van der Waals surface area contributed by atoms with E-state index in [9.17, 15) is 4.79 Å². The zero-order valence-electron chi connectivity index (χ0n) is 21.1. The van der Waals surface area contributed by atoms with Crippen LogP contribution in [0.5, 0.6) is 0 Å². The van der Waals surface area contributed by atoms with E-state index in [1.54, 1.807) is 6.33 Å². The van der Waals surface area contributed by atoms with Gasteiger partial charge in [-0.2, -0.15) is 0 Å². The van der Waals surface area contributed by atoms with Crippen molar-refractivity contribution < 1.29 is 34.4 Å². The summed E-state index contributed by atoms with van der Waals surface area (Å²) in [6.45, 7) is 7.15. The minimum atomic E-state index is -0.125. The van der Waals surface area contributed by atoms with Crippen molar-refractivity contribution in [3.05, 3.63) is 108 Å². The Hall–Kier alpha value is -3.86. The molecule has 0 saturated carbocycles. The monoisotopic (exact) mass is 668 g/mol. The van der Waals surface area contributed by atoms with E-state index in [0.717, 1.165) is 28.1 Å². The van der Waals surface area contributed by atoms with Gasteiger partial charge >= 0.3 is 0 Å². The molecule has 3 aromatic carbocycles. The van der Waals surface area contributed by atoms with Crippen molar-refractivity contribution >= 4 is 16.9 Å². The normalized spacial score (nSPS) is 10.9. The minimum Gasteiger partial charge on any atom is -0.512 e. The largest absolute Gasteiger partial charge is 0.512 e. The second-order valence-corrected chi connectivity index (χ2v) is 8.56. The van der Waals surface area contributed by atoms with E-state index in [-0.39, 0.29) is 31.6 Å². The van der Waals surface area contributed by atoms with Crippen molar-refractivity contribution in [1.29, 1.82) is 0 Å². The topological polar surface area (TPSA) is 76.2 Å². The van der Waals surface area contributed by atoms with Crippen LogP contribution >= 0.6 is 0 Å². The first kappa shape index (κ1) is 27.7. The Balaban J connectivity index is 0.000000422. The number of hydrogen-bond donors (Lipinski definition) is 1. The van der Waals surface area contributed by atoms with Gasteiger partial charge in [0, 0.05) is 43.5 Å². The Bertz CT molecular complexity index is 1510. The Labute approximate surface area is 230 Å². The molecule has 5 nitrogen and oxygen atoms in total. The fourth-order valence-electron chi connectivity index (χ4n) is 4.09. The molecule has 0 amide bonds. The number of aliphatic hydroxyl groups excluding tert-OH is 1. The summed E-state index contributed by atoms with van der Waals surface area (Å²) < 4.78 is 6.19. The van der Waals surface area contributed by atoms with Crippen LogP contribution < -0.4 is 0 Å². The van der Waals surface area contributed by atoms with Gasteiger partial charge in [0.05, 0.1) is 5.76 Å². The van der Waals surface area contributed by atoms with Gasteiger partial charge in [0.1, 0.15) is 23.2 Å². The van der Waals surface area contributed by atoms with E-state index < -0.39 is 0 Å². The summed E-state index contributed by atoms with van der Waals surface area (Å²) in [5.41, 5.74) is 9.20. The van der Waals surface area contributed by atoms with Crippen LogP contribution in [0.25, 0.3) is 44.8 Å². The second-order valence-electron chi connectivity index (χ2n) is 8.56. The Morgan fingerprint density at radius 2 is 1.59 bits per heavy atom. The van der Waals surface area contributed by atoms with E-state index in [0.29, 0.717) is 5.58 Å². The molecule has 0 aliphatic rings. The predicted octanol–water partition coefficient (Wildman–Crippen LogP) is 7.68. The van der Waals surface area contributed by atoms with Crippen molar-refractivity contribution in [3.63, 3.8) is 0 Å². The van der Waals surface area contributed by atoms with Crippen molar-refractivity contribution in [1.82, 2.24) is 9.97 Å². The van der Waals surface area contributed by atoms with E-state index in [2.05, 4.69) is 72.3 Å². The molecule has 189 valence electrons. The van der Waals surface area contributed by atoms with Gasteiger partial charge in [0.2, 0.25) is 0 Å². The Morgan fingerprint density at radius 3 is 2.16 bits per heavy atom. The van der Waals surface area contributed by atoms with Crippen molar-refractivity contribution in [2.75, 3.05) is 0 Å². The number of carbonyl (C=O) groups excluding carboxylic acids is 1. The summed E-state index contributed by atoms with van der Waals surface area (Å²) in [6.07, 6.45) is 2.74. The number of aliphatic hydroxyl groups is 1. The third kappa shape index (κ3) is 6.67. The first-order valence-corrected chi connectivity index (χ1v) is 11.6. The zero-order chi connectivity index (χ0) is 25.7. The summed E-state index contributed by atoms with van der Waals surface area (Å²) in [5, 5.41) is 8.36. The summed E-state index contributed by atoms with van der Waals surface area (Å²) in [4.78, 5) is 18.8. The van der Waals surface area contributed by atoms with Crippen LogP contribution in [-0.4, -0.2) is 20.9 Å². The molecule has 0 atom stereocenters. The standard InChI is InChI=1S/C26H19N2O.C5H8O2.Ir/c1-17-7-6-8-18(2)24(17)20-13-11-19(12-14-20)23-15-22-26(29-23)25(28-16-27-22)21-9-4-3-5-10-21;1-4(6)3-5(2)7;/h3-9,11-16H,1-2H3;3,6H,1-2H3;/q-1;;/b;4-3-;. The van der Waals surface area contributed by atoms with Crippen LogP contribution in [0, 0.1) is 19.9 Å². The average molecular weight is 668 g/mol. The Kier molecular flexibility index (Phi) is 9.29. The summed E-state index contributed by atoms with van der Waals surface area (Å²) in [7, 11) is 0. The molecule has 0 aliphatic carbocycles. The number of nitrogens with zero attached hydrogens (tertiary/aromatic N) is 2. The van der Waals surface area contributed by atoms with E-state index >= 15 is 0 Å². The predicted molar refractivity (Wildman–Crippen MR) is 143 cm³/mol. The fraction of sp³-hybridized carbons (Fsp3) is 0.129. The van der Waals surface area contributed by atoms with Gasteiger partial charge in [0.15, 0.2) is 5.78 Å². The molecular weight excluding hydrogens is 641 g/mol. The molecule has 0 unspecified atom stereocenters. The third-order valence-corrected chi connectivity index (χ3v) is 5.63. The molecule has 5 aromatic rings. The third-order valence-electron chi connectivity index (χ3n) is 5.63. The first-order chi connectivity index (χ1) is 17.3. The molecule has 0 spiro atoms. The SMILES string of the molecule is CC(=O)/C=C(/C)O.Cc1cccc(C)c1-c1ccc(-c2cc3ncnc(-c4[c-]cccc4)c3o2)cc1.[Ir]. The fourth-order valence-corrected chi connectivity index (χ4v) is 4.09. The molecule has 37 heavy (non-hydrogen) atoms. The number of benzene rings is 3. The maximum atomic E-state index is 10.0. The van der Waals surface area contributed by atoms with Gasteiger partial charge in [0.25, 0.3) is 0 Å². The number of hydrogen-bond acceptors (Lipinski definition) is 5. The molecule has 2 heterocycles. The minimum absolute atomic E-state index is 0. The molecular formula is C31H27IrN2O3-. The number of furan rings is 1. The van der Waals surface area contributed by atoms with Crippen LogP contribution in [0.1, 0.15) is 25.0 Å². The zero-order valence-corrected chi connectivity index (χ0v) is 23.5. The number of carbonyl (C=O) groups is 1. The molecule has 6 heteroatoms. The molecule has 0 bridgehead atoms. The quantitative estimate of drug-likeness (QED) is 0.121. The number of fused-ring (bicyclic) bond motifs is 1. The number of aryl methyl sites for hydroxylation is 2. The van der Waals surface area contributed by atoms with Crippen LogP contribution in [-0.2, 0) is 24.9 Å². The van der Waals surface area contributed by atoms with Gasteiger partial charge < -0.3 is 9.52 Å². The van der Waals surface area contributed by atoms with Crippen molar-refractivity contribution in [2.45, 2.75) is 27.7 Å². The molecule has 0 fully saturated rings. The molecule has 0 aliphatic heterocycles. The average Bonchev–Trinajstić information content (AvgIpc) is 3.29. The van der Waals surface area contributed by atoms with E-state index in [1.807, 2.05) is 30.3 Å². The molecule has 2 aromatic heterocycles. The number of rotatable bonds is 4. The molecule has 0 saturated heterocycles. The van der Waals surface area contributed by atoms with Gasteiger partial charge in [-0.05, 0) is 49.9 Å². The Morgan fingerprint density at radius 1 is 0.919 bits per heavy atom. The van der Waals surface area contributed by atoms with Crippen LogP contribution in [0.3, 0.4) is 0 Å². The van der Waals surface area contributed by atoms with Gasteiger partial charge in [-0.15, -0.1) is 35.9 Å². The summed E-state index contributed by atoms with van der Waals surface area (Å²) >= 11 is 0. The van der Waals surface area contributed by atoms with Crippen molar-refractivity contribution in [2.24, 2.45) is 0 Å². The number of allylic oxidation sites excluding steroid dienone is 2. The number of aromatic nitrogens is 2. The van der Waals surface area contributed by atoms with Gasteiger partial charge in [-0.25, -0.2) is 4.98 Å². The van der Waals surface area contributed by atoms with Crippen LogP contribution in [0.4, 0.5) is 0 Å². The van der Waals surface area contributed by atoms with E-state index in [4.69, 9.17) is 9.52 Å². The number of ketones is 1. The first-order valence-electron chi connectivity index (χ1n) is 11.6. The summed E-state index contributed by atoms with van der Waals surface area (Å²) in [6, 6.07) is 27.8. The van der Waals surface area contributed by atoms with Gasteiger partial charge in [-0.3, -0.25) is 9.78 Å². The second kappa shape index (κ2) is 12.4. The maximum absolute atomic E-state index is 10.0. The molecule has 1 radical (unpaired) electrons. The smallest absolute Gasteiger partial charge is 0.155 e. The molecule has 5 rings (SSSR count).